The number of urea groups is 1. The number of likely N-dealkylation sites (tertiary alicyclic amines) is 1. The molecule has 0 saturated carbocycles. The molecule has 0 aliphatic carbocycles. The highest BCUT2D eigenvalue weighted by Crippen LogP contribution is 2.19. The molecule has 1 fully saturated rings. The van der Waals surface area contributed by atoms with Gasteiger partial charge in [-0.05, 0) is 31.6 Å². The standard InChI is InChI=1S/C18H31N5O2/c1-14(2)10-20-18(25)23-7-4-5-16(12-23)9-17(24)21-15(3)11-22-8-6-19-13-22/h6,8,13-16H,4-5,7,9-12H2,1-3H3,(H,20,25)(H,21,24). The van der Waals surface area contributed by atoms with Gasteiger partial charge in [0.1, 0.15) is 0 Å². The number of amides is 3. The first-order valence-corrected chi connectivity index (χ1v) is 9.22. The van der Waals surface area contributed by atoms with Gasteiger partial charge < -0.3 is 20.1 Å². The predicted octanol–water partition coefficient (Wildman–Crippen LogP) is 1.86. The van der Waals surface area contributed by atoms with E-state index in [-0.39, 0.29) is 23.9 Å². The van der Waals surface area contributed by atoms with Crippen LogP contribution < -0.4 is 10.6 Å². The van der Waals surface area contributed by atoms with Crippen LogP contribution in [0.2, 0.25) is 0 Å². The second-order valence-electron chi connectivity index (χ2n) is 7.47. The maximum absolute atomic E-state index is 12.3. The summed E-state index contributed by atoms with van der Waals surface area (Å²) in [6, 6.07) is 0.0445. The minimum absolute atomic E-state index is 0.00714. The molecule has 2 rings (SSSR count). The van der Waals surface area contributed by atoms with Gasteiger partial charge in [-0.1, -0.05) is 13.8 Å². The van der Waals surface area contributed by atoms with Crippen molar-refractivity contribution in [2.45, 2.75) is 52.6 Å². The van der Waals surface area contributed by atoms with Crippen molar-refractivity contribution in [3.8, 4) is 0 Å². The summed E-state index contributed by atoms with van der Waals surface area (Å²) in [6.45, 7) is 8.98. The van der Waals surface area contributed by atoms with E-state index < -0.39 is 0 Å². The quantitative estimate of drug-likeness (QED) is 0.788. The SMILES string of the molecule is CC(C)CNC(=O)N1CCCC(CC(=O)NC(C)Cn2ccnc2)C1. The van der Waals surface area contributed by atoms with E-state index in [1.54, 1.807) is 12.5 Å². The lowest BCUT2D eigenvalue weighted by Crippen LogP contribution is -2.47. The van der Waals surface area contributed by atoms with Gasteiger partial charge in [0.15, 0.2) is 0 Å². The third-order valence-electron chi connectivity index (χ3n) is 4.39. The van der Waals surface area contributed by atoms with Gasteiger partial charge in [0, 0.05) is 51.0 Å². The zero-order valence-electron chi connectivity index (χ0n) is 15.6. The fourth-order valence-electron chi connectivity index (χ4n) is 3.17. The number of hydrogen-bond acceptors (Lipinski definition) is 3. The number of nitrogens with zero attached hydrogens (tertiary/aromatic N) is 3. The average Bonchev–Trinajstić information content (AvgIpc) is 3.05. The smallest absolute Gasteiger partial charge is 0.317 e. The van der Waals surface area contributed by atoms with Gasteiger partial charge in [0.25, 0.3) is 0 Å². The molecule has 1 saturated heterocycles. The van der Waals surface area contributed by atoms with Crippen LogP contribution in [0.3, 0.4) is 0 Å². The Bertz CT molecular complexity index is 544. The molecule has 0 bridgehead atoms. The molecule has 7 nitrogen and oxygen atoms in total. The molecule has 140 valence electrons. The lowest BCUT2D eigenvalue weighted by molar-refractivity contribution is -0.123. The molecule has 1 aromatic heterocycles. The number of nitrogens with one attached hydrogen (secondary N) is 2. The lowest BCUT2D eigenvalue weighted by atomic mass is 9.94. The Hall–Kier alpha value is -2.05. The Morgan fingerprint density at radius 3 is 2.80 bits per heavy atom. The molecule has 1 aliphatic heterocycles. The highest BCUT2D eigenvalue weighted by Gasteiger charge is 2.25. The Labute approximate surface area is 150 Å². The highest BCUT2D eigenvalue weighted by molar-refractivity contribution is 5.77. The molecular weight excluding hydrogens is 318 g/mol. The van der Waals surface area contributed by atoms with Crippen molar-refractivity contribution >= 4 is 11.9 Å². The first-order valence-electron chi connectivity index (χ1n) is 9.22. The van der Waals surface area contributed by atoms with Crippen LogP contribution in [0.4, 0.5) is 4.79 Å². The predicted molar refractivity (Wildman–Crippen MR) is 97.0 cm³/mol. The van der Waals surface area contributed by atoms with E-state index in [4.69, 9.17) is 0 Å². The summed E-state index contributed by atoms with van der Waals surface area (Å²) < 4.78 is 1.95. The van der Waals surface area contributed by atoms with Gasteiger partial charge in [-0.2, -0.15) is 0 Å². The van der Waals surface area contributed by atoms with Crippen LogP contribution in [0.1, 0.15) is 40.0 Å². The summed E-state index contributed by atoms with van der Waals surface area (Å²) in [4.78, 5) is 30.3. The summed E-state index contributed by atoms with van der Waals surface area (Å²) in [5.74, 6) is 0.730. The third kappa shape index (κ3) is 6.76. The zero-order chi connectivity index (χ0) is 18.2. The van der Waals surface area contributed by atoms with E-state index in [1.807, 2.05) is 22.6 Å². The van der Waals surface area contributed by atoms with Crippen molar-refractivity contribution in [2.24, 2.45) is 11.8 Å². The molecule has 2 N–H and O–H groups in total. The largest absolute Gasteiger partial charge is 0.352 e. The van der Waals surface area contributed by atoms with Crippen LogP contribution in [-0.4, -0.2) is 52.1 Å². The number of hydrogen-bond donors (Lipinski definition) is 2. The summed E-state index contributed by atoms with van der Waals surface area (Å²) >= 11 is 0. The van der Waals surface area contributed by atoms with Crippen LogP contribution in [-0.2, 0) is 11.3 Å². The number of rotatable bonds is 7. The molecule has 2 unspecified atom stereocenters. The summed E-state index contributed by atoms with van der Waals surface area (Å²) in [5, 5.41) is 6.00. The van der Waals surface area contributed by atoms with Crippen LogP contribution in [0.5, 0.6) is 0 Å². The van der Waals surface area contributed by atoms with Gasteiger partial charge in [0.05, 0.1) is 6.33 Å². The van der Waals surface area contributed by atoms with Crippen molar-refractivity contribution in [1.82, 2.24) is 25.1 Å². The molecule has 0 aromatic carbocycles. The molecule has 3 amide bonds. The van der Waals surface area contributed by atoms with Crippen LogP contribution in [0.15, 0.2) is 18.7 Å². The number of carbonyl (C=O) groups is 2. The molecular formula is C18H31N5O2. The number of imidazole rings is 1. The van der Waals surface area contributed by atoms with E-state index in [2.05, 4.69) is 29.5 Å². The van der Waals surface area contributed by atoms with E-state index in [9.17, 15) is 9.59 Å². The Balaban J connectivity index is 1.73. The minimum atomic E-state index is -0.00714. The fourth-order valence-corrected chi connectivity index (χ4v) is 3.17. The summed E-state index contributed by atoms with van der Waals surface area (Å²) in [6.07, 6.45) is 7.79. The second-order valence-corrected chi connectivity index (χ2v) is 7.47. The minimum Gasteiger partial charge on any atom is -0.352 e. The van der Waals surface area contributed by atoms with Gasteiger partial charge in [-0.25, -0.2) is 9.78 Å². The maximum Gasteiger partial charge on any atom is 0.317 e. The van der Waals surface area contributed by atoms with E-state index in [0.717, 1.165) is 19.4 Å². The molecule has 1 aliphatic rings. The van der Waals surface area contributed by atoms with Gasteiger partial charge in [-0.15, -0.1) is 0 Å². The molecule has 25 heavy (non-hydrogen) atoms. The maximum atomic E-state index is 12.3. The fraction of sp³-hybridized carbons (Fsp3) is 0.722. The zero-order valence-corrected chi connectivity index (χ0v) is 15.6. The first kappa shape index (κ1) is 19.3. The highest BCUT2D eigenvalue weighted by atomic mass is 16.2. The number of aromatic nitrogens is 2. The average molecular weight is 349 g/mol. The summed E-state index contributed by atoms with van der Waals surface area (Å²) in [5.41, 5.74) is 0. The molecule has 7 heteroatoms. The monoisotopic (exact) mass is 349 g/mol. The van der Waals surface area contributed by atoms with Crippen molar-refractivity contribution < 1.29 is 9.59 Å². The van der Waals surface area contributed by atoms with Crippen LogP contribution in [0, 0.1) is 11.8 Å². The van der Waals surface area contributed by atoms with E-state index in [0.29, 0.717) is 32.0 Å². The van der Waals surface area contributed by atoms with Crippen molar-refractivity contribution in [2.75, 3.05) is 19.6 Å². The first-order chi connectivity index (χ1) is 11.9. The summed E-state index contributed by atoms with van der Waals surface area (Å²) in [7, 11) is 0. The Kier molecular flexibility index (Phi) is 7.28. The number of carbonyl (C=O) groups excluding carboxylic acids is 2. The van der Waals surface area contributed by atoms with Crippen molar-refractivity contribution in [1.29, 1.82) is 0 Å². The van der Waals surface area contributed by atoms with E-state index >= 15 is 0 Å². The van der Waals surface area contributed by atoms with Crippen LogP contribution in [0.25, 0.3) is 0 Å². The molecule has 0 radical (unpaired) electrons. The Morgan fingerprint density at radius 2 is 2.12 bits per heavy atom. The second kappa shape index (κ2) is 9.44. The Morgan fingerprint density at radius 1 is 1.32 bits per heavy atom. The lowest BCUT2D eigenvalue weighted by Gasteiger charge is -2.33. The normalized spacial score (nSPS) is 18.9. The number of piperidine rings is 1. The molecule has 2 atom stereocenters. The van der Waals surface area contributed by atoms with E-state index in [1.165, 1.54) is 0 Å². The van der Waals surface area contributed by atoms with Crippen LogP contribution >= 0.6 is 0 Å². The third-order valence-corrected chi connectivity index (χ3v) is 4.39. The van der Waals surface area contributed by atoms with Gasteiger partial charge >= 0.3 is 6.03 Å². The van der Waals surface area contributed by atoms with Crippen molar-refractivity contribution in [3.05, 3.63) is 18.7 Å². The topological polar surface area (TPSA) is 79.3 Å². The molecule has 0 spiro atoms. The molecule has 2 heterocycles. The van der Waals surface area contributed by atoms with Gasteiger partial charge in [0.2, 0.25) is 5.91 Å². The van der Waals surface area contributed by atoms with Gasteiger partial charge in [-0.3, -0.25) is 4.79 Å². The van der Waals surface area contributed by atoms with Crippen molar-refractivity contribution in [3.63, 3.8) is 0 Å². The molecule has 1 aromatic rings.